The first-order valence-corrected chi connectivity index (χ1v) is 6.40. The van der Waals surface area contributed by atoms with Crippen LogP contribution in [0, 0.1) is 18.3 Å². The maximum absolute atomic E-state index is 9.34. The summed E-state index contributed by atoms with van der Waals surface area (Å²) in [4.78, 5) is 7.63. The van der Waals surface area contributed by atoms with Crippen LogP contribution in [0.2, 0.25) is 0 Å². The third-order valence-corrected chi connectivity index (χ3v) is 3.15. The fourth-order valence-electron chi connectivity index (χ4n) is 2.06. The number of H-pyrrole nitrogens is 1. The summed E-state index contributed by atoms with van der Waals surface area (Å²) in [7, 11) is 0. The van der Waals surface area contributed by atoms with E-state index in [-0.39, 0.29) is 0 Å². The molecule has 96 valence electrons. The van der Waals surface area contributed by atoms with Crippen molar-refractivity contribution in [2.24, 2.45) is 0 Å². The third kappa shape index (κ3) is 2.32. The molecule has 0 saturated heterocycles. The standard InChI is InChI=1S/C17H13N3/c1-12-6-8-13(9-7-12)10-14(11-18)17-19-15-4-2-3-5-16(15)20-17/h2-10H,1H3,(H,19,20)/b14-10-. The molecule has 20 heavy (non-hydrogen) atoms. The zero-order chi connectivity index (χ0) is 13.9. The molecule has 0 saturated carbocycles. The van der Waals surface area contributed by atoms with Gasteiger partial charge in [-0.15, -0.1) is 0 Å². The molecule has 0 bridgehead atoms. The number of aryl methyl sites for hydroxylation is 1. The van der Waals surface area contributed by atoms with E-state index in [2.05, 4.69) is 16.0 Å². The van der Waals surface area contributed by atoms with Crippen molar-refractivity contribution in [3.8, 4) is 6.07 Å². The maximum Gasteiger partial charge on any atom is 0.149 e. The van der Waals surface area contributed by atoms with Gasteiger partial charge in [0.05, 0.1) is 16.6 Å². The molecule has 3 heteroatoms. The van der Waals surface area contributed by atoms with Crippen LogP contribution in [0.4, 0.5) is 0 Å². The van der Waals surface area contributed by atoms with E-state index in [9.17, 15) is 5.26 Å². The van der Waals surface area contributed by atoms with E-state index in [0.29, 0.717) is 11.4 Å². The van der Waals surface area contributed by atoms with Crippen LogP contribution >= 0.6 is 0 Å². The molecule has 0 aliphatic rings. The molecule has 2 aromatic carbocycles. The molecular weight excluding hydrogens is 246 g/mol. The Kier molecular flexibility index (Phi) is 3.06. The summed E-state index contributed by atoms with van der Waals surface area (Å²) < 4.78 is 0. The third-order valence-electron chi connectivity index (χ3n) is 3.15. The summed E-state index contributed by atoms with van der Waals surface area (Å²) in [6.45, 7) is 2.04. The van der Waals surface area contributed by atoms with Crippen molar-refractivity contribution >= 4 is 22.7 Å². The van der Waals surface area contributed by atoms with Gasteiger partial charge in [0.25, 0.3) is 0 Å². The fraction of sp³-hybridized carbons (Fsp3) is 0.0588. The Morgan fingerprint density at radius 2 is 1.90 bits per heavy atom. The second-order valence-corrected chi connectivity index (χ2v) is 4.68. The van der Waals surface area contributed by atoms with Crippen LogP contribution in [-0.4, -0.2) is 9.97 Å². The first kappa shape index (κ1) is 12.2. The van der Waals surface area contributed by atoms with Crippen molar-refractivity contribution in [3.63, 3.8) is 0 Å². The SMILES string of the molecule is Cc1ccc(/C=C(/C#N)c2nc3ccccc3[nH]2)cc1. The molecule has 0 aliphatic heterocycles. The minimum Gasteiger partial charge on any atom is -0.337 e. The second-order valence-electron chi connectivity index (χ2n) is 4.68. The molecule has 0 spiro atoms. The van der Waals surface area contributed by atoms with Crippen LogP contribution in [0.1, 0.15) is 17.0 Å². The Labute approximate surface area is 117 Å². The topological polar surface area (TPSA) is 52.5 Å². The zero-order valence-corrected chi connectivity index (χ0v) is 11.1. The Hall–Kier alpha value is -2.86. The highest BCUT2D eigenvalue weighted by Crippen LogP contribution is 2.19. The highest BCUT2D eigenvalue weighted by molar-refractivity contribution is 5.90. The molecule has 3 aromatic rings. The van der Waals surface area contributed by atoms with Gasteiger partial charge in [-0.3, -0.25) is 0 Å². The van der Waals surface area contributed by atoms with Crippen LogP contribution in [0.5, 0.6) is 0 Å². The van der Waals surface area contributed by atoms with E-state index in [4.69, 9.17) is 0 Å². The molecule has 1 aromatic heterocycles. The Morgan fingerprint density at radius 1 is 1.15 bits per heavy atom. The number of fused-ring (bicyclic) bond motifs is 1. The van der Waals surface area contributed by atoms with Gasteiger partial charge in [-0.25, -0.2) is 4.98 Å². The van der Waals surface area contributed by atoms with Gasteiger partial charge in [-0.1, -0.05) is 42.0 Å². The summed E-state index contributed by atoms with van der Waals surface area (Å²) >= 11 is 0. The number of benzene rings is 2. The summed E-state index contributed by atoms with van der Waals surface area (Å²) in [5.74, 6) is 0.606. The van der Waals surface area contributed by atoms with Gasteiger partial charge in [-0.05, 0) is 30.7 Å². The van der Waals surface area contributed by atoms with Crippen LogP contribution in [0.25, 0.3) is 22.7 Å². The van der Waals surface area contributed by atoms with Crippen molar-refractivity contribution < 1.29 is 0 Å². The van der Waals surface area contributed by atoms with Crippen LogP contribution in [0.15, 0.2) is 48.5 Å². The lowest BCUT2D eigenvalue weighted by Crippen LogP contribution is -1.85. The van der Waals surface area contributed by atoms with Crippen LogP contribution in [0.3, 0.4) is 0 Å². The first-order chi connectivity index (χ1) is 9.76. The molecule has 0 unspecified atom stereocenters. The second kappa shape index (κ2) is 5.02. The number of nitrogens with zero attached hydrogens (tertiary/aromatic N) is 2. The van der Waals surface area contributed by atoms with Crippen LogP contribution in [-0.2, 0) is 0 Å². The summed E-state index contributed by atoms with van der Waals surface area (Å²) in [6.07, 6.45) is 1.84. The summed E-state index contributed by atoms with van der Waals surface area (Å²) in [6, 6.07) is 18.0. The normalized spacial score (nSPS) is 11.5. The van der Waals surface area contributed by atoms with Crippen molar-refractivity contribution in [2.45, 2.75) is 6.92 Å². The predicted molar refractivity (Wildman–Crippen MR) is 80.8 cm³/mol. The van der Waals surface area contributed by atoms with E-state index < -0.39 is 0 Å². The number of aromatic nitrogens is 2. The molecule has 0 amide bonds. The van der Waals surface area contributed by atoms with Crippen LogP contribution < -0.4 is 0 Å². The number of rotatable bonds is 2. The van der Waals surface area contributed by atoms with E-state index in [1.54, 1.807) is 0 Å². The number of nitrogens with one attached hydrogen (secondary N) is 1. The Bertz CT molecular complexity index is 784. The first-order valence-electron chi connectivity index (χ1n) is 6.40. The monoisotopic (exact) mass is 259 g/mol. The number of nitriles is 1. The lowest BCUT2D eigenvalue weighted by Gasteiger charge is -1.96. The van der Waals surface area contributed by atoms with Gasteiger partial charge in [0.1, 0.15) is 11.9 Å². The van der Waals surface area contributed by atoms with Crippen molar-refractivity contribution in [1.82, 2.24) is 9.97 Å². The maximum atomic E-state index is 9.34. The van der Waals surface area contributed by atoms with Gasteiger partial charge < -0.3 is 4.98 Å². The zero-order valence-electron chi connectivity index (χ0n) is 11.1. The number of para-hydroxylation sites is 2. The molecular formula is C17H13N3. The lowest BCUT2D eigenvalue weighted by molar-refractivity contribution is 1.27. The highest BCUT2D eigenvalue weighted by atomic mass is 14.9. The smallest absolute Gasteiger partial charge is 0.149 e. The van der Waals surface area contributed by atoms with E-state index in [1.165, 1.54) is 5.56 Å². The summed E-state index contributed by atoms with van der Waals surface area (Å²) in [5.41, 5.74) is 4.53. The van der Waals surface area contributed by atoms with E-state index in [1.807, 2.05) is 61.5 Å². The van der Waals surface area contributed by atoms with Gasteiger partial charge in [-0.2, -0.15) is 5.26 Å². The van der Waals surface area contributed by atoms with E-state index >= 15 is 0 Å². The summed E-state index contributed by atoms with van der Waals surface area (Å²) in [5, 5.41) is 9.34. The van der Waals surface area contributed by atoms with Gasteiger partial charge in [0, 0.05) is 0 Å². The Balaban J connectivity index is 2.05. The largest absolute Gasteiger partial charge is 0.337 e. The Morgan fingerprint density at radius 3 is 2.60 bits per heavy atom. The quantitative estimate of drug-likeness (QED) is 0.709. The minimum atomic E-state index is 0.532. The molecule has 0 atom stereocenters. The average molecular weight is 259 g/mol. The number of hydrogen-bond donors (Lipinski definition) is 1. The predicted octanol–water partition coefficient (Wildman–Crippen LogP) is 3.94. The minimum absolute atomic E-state index is 0.532. The molecule has 1 heterocycles. The van der Waals surface area contributed by atoms with Crippen molar-refractivity contribution in [3.05, 3.63) is 65.5 Å². The average Bonchev–Trinajstić information content (AvgIpc) is 2.90. The molecule has 0 fully saturated rings. The number of allylic oxidation sites excluding steroid dienone is 1. The molecule has 3 rings (SSSR count). The van der Waals surface area contributed by atoms with Crippen molar-refractivity contribution in [1.29, 1.82) is 5.26 Å². The van der Waals surface area contributed by atoms with Gasteiger partial charge in [0.2, 0.25) is 0 Å². The fourth-order valence-corrected chi connectivity index (χ4v) is 2.06. The van der Waals surface area contributed by atoms with Gasteiger partial charge in [0.15, 0.2) is 0 Å². The van der Waals surface area contributed by atoms with Crippen molar-refractivity contribution in [2.75, 3.05) is 0 Å². The number of imidazole rings is 1. The highest BCUT2D eigenvalue weighted by Gasteiger charge is 2.07. The molecule has 3 nitrogen and oxygen atoms in total. The molecule has 0 radical (unpaired) electrons. The van der Waals surface area contributed by atoms with Gasteiger partial charge >= 0.3 is 0 Å². The van der Waals surface area contributed by atoms with E-state index in [0.717, 1.165) is 16.6 Å². The number of aromatic amines is 1. The number of hydrogen-bond acceptors (Lipinski definition) is 2. The lowest BCUT2D eigenvalue weighted by atomic mass is 10.1. The molecule has 1 N–H and O–H groups in total. The molecule has 0 aliphatic carbocycles.